The third-order valence-electron chi connectivity index (χ3n) is 6.85. The van der Waals surface area contributed by atoms with Gasteiger partial charge in [0.25, 0.3) is 0 Å². The summed E-state index contributed by atoms with van der Waals surface area (Å²) in [5.74, 6) is 1.43. The van der Waals surface area contributed by atoms with Gasteiger partial charge < -0.3 is 14.8 Å². The molecule has 0 amide bonds. The van der Waals surface area contributed by atoms with Crippen LogP contribution in [0.1, 0.15) is 43.9 Å². The molecule has 6 heteroatoms. The Morgan fingerprint density at radius 3 is 2.59 bits per heavy atom. The number of fused-ring (bicyclic) bond motifs is 2. The number of nitrogens with zero attached hydrogens (tertiary/aromatic N) is 5. The average molecular weight is 493 g/mol. The molecule has 37 heavy (non-hydrogen) atoms. The molecule has 0 aliphatic rings. The minimum absolute atomic E-state index is 0.597. The first kappa shape index (κ1) is 24.8. The van der Waals surface area contributed by atoms with Gasteiger partial charge in [-0.05, 0) is 84.8 Å². The van der Waals surface area contributed by atoms with E-state index >= 15 is 0 Å². The Morgan fingerprint density at radius 1 is 0.946 bits per heavy atom. The summed E-state index contributed by atoms with van der Waals surface area (Å²) in [6.07, 6.45) is 5.49. The summed E-state index contributed by atoms with van der Waals surface area (Å²) in [7, 11) is 2.03. The first-order valence-corrected chi connectivity index (χ1v) is 13.2. The lowest BCUT2D eigenvalue weighted by molar-refractivity contribution is 0.606. The van der Waals surface area contributed by atoms with Crippen molar-refractivity contribution >= 4 is 39.1 Å². The van der Waals surface area contributed by atoms with Crippen LogP contribution in [-0.4, -0.2) is 32.6 Å². The van der Waals surface area contributed by atoms with Gasteiger partial charge in [0, 0.05) is 36.9 Å². The van der Waals surface area contributed by atoms with Gasteiger partial charge in [-0.1, -0.05) is 32.9 Å². The van der Waals surface area contributed by atoms with Crippen molar-refractivity contribution in [2.24, 2.45) is 13.0 Å². The second-order valence-corrected chi connectivity index (χ2v) is 10.4. The average Bonchev–Trinajstić information content (AvgIpc) is 3.25. The molecule has 0 saturated carbocycles. The highest BCUT2D eigenvalue weighted by molar-refractivity contribution is 5.93. The topological polar surface area (TPSA) is 58.9 Å². The monoisotopic (exact) mass is 492 g/mol. The molecular formula is C31H36N6. The number of hydrogen-bond acceptors (Lipinski definition) is 5. The highest BCUT2D eigenvalue weighted by Gasteiger charge is 2.12. The van der Waals surface area contributed by atoms with Gasteiger partial charge in [0.2, 0.25) is 0 Å². The van der Waals surface area contributed by atoms with E-state index in [-0.39, 0.29) is 0 Å². The smallest absolute Gasteiger partial charge is 0.141 e. The number of aromatic nitrogens is 4. The third-order valence-corrected chi connectivity index (χ3v) is 6.85. The van der Waals surface area contributed by atoms with Crippen LogP contribution in [0.15, 0.2) is 67.3 Å². The molecule has 0 saturated heterocycles. The van der Waals surface area contributed by atoms with E-state index in [1.54, 1.807) is 6.33 Å². The third kappa shape index (κ3) is 5.43. The number of aryl methyl sites for hydroxylation is 2. The summed E-state index contributed by atoms with van der Waals surface area (Å²) in [5, 5.41) is 4.60. The molecule has 0 unspecified atom stereocenters. The maximum Gasteiger partial charge on any atom is 0.141 e. The maximum absolute atomic E-state index is 4.61. The van der Waals surface area contributed by atoms with Gasteiger partial charge in [-0.2, -0.15) is 0 Å². The highest BCUT2D eigenvalue weighted by atomic mass is 15.1. The Labute approximate surface area is 219 Å². The normalized spacial score (nSPS) is 11.5. The first-order chi connectivity index (χ1) is 17.9. The zero-order chi connectivity index (χ0) is 25.9. The summed E-state index contributed by atoms with van der Waals surface area (Å²) in [6, 6.07) is 19.6. The van der Waals surface area contributed by atoms with E-state index < -0.39 is 0 Å². The molecule has 0 radical (unpaired) electrons. The lowest BCUT2D eigenvalue weighted by atomic mass is 9.99. The van der Waals surface area contributed by atoms with Crippen LogP contribution in [0.4, 0.5) is 17.2 Å². The minimum Gasteiger partial charge on any atom is -0.371 e. The lowest BCUT2D eigenvalue weighted by Crippen LogP contribution is -2.28. The van der Waals surface area contributed by atoms with Crippen molar-refractivity contribution in [2.75, 3.05) is 23.3 Å². The van der Waals surface area contributed by atoms with Gasteiger partial charge in [-0.3, -0.25) is 0 Å². The standard InChI is InChI=1S/C31H36N6/c1-6-13-37(18-21(2)3)26-10-11-28-27(17-26)31(33-19-32-28)35-25-9-8-24(22(4)14-25)15-23-7-12-30-29(16-23)34-20-36(30)5/h7-12,14,16-17,19-21H,6,13,15,18H2,1-5H3,(H,32,33,35). The van der Waals surface area contributed by atoms with E-state index in [0.29, 0.717) is 5.92 Å². The summed E-state index contributed by atoms with van der Waals surface area (Å²) >= 11 is 0. The van der Waals surface area contributed by atoms with Crippen LogP contribution in [0.2, 0.25) is 0 Å². The van der Waals surface area contributed by atoms with Gasteiger partial charge in [-0.15, -0.1) is 0 Å². The van der Waals surface area contributed by atoms with E-state index in [1.807, 2.05) is 13.4 Å². The van der Waals surface area contributed by atoms with Crippen molar-refractivity contribution in [3.05, 3.63) is 83.9 Å². The van der Waals surface area contributed by atoms with Crippen LogP contribution in [0.3, 0.4) is 0 Å². The van der Waals surface area contributed by atoms with Crippen molar-refractivity contribution in [2.45, 2.75) is 40.5 Å². The molecule has 0 fully saturated rings. The molecule has 2 aromatic heterocycles. The first-order valence-electron chi connectivity index (χ1n) is 13.2. The van der Waals surface area contributed by atoms with Crippen LogP contribution in [-0.2, 0) is 13.5 Å². The van der Waals surface area contributed by atoms with Gasteiger partial charge >= 0.3 is 0 Å². The predicted molar refractivity (Wildman–Crippen MR) is 155 cm³/mol. The number of nitrogens with one attached hydrogen (secondary N) is 1. The zero-order valence-corrected chi connectivity index (χ0v) is 22.5. The van der Waals surface area contributed by atoms with Crippen molar-refractivity contribution < 1.29 is 0 Å². The van der Waals surface area contributed by atoms with Crippen LogP contribution in [0.25, 0.3) is 21.9 Å². The summed E-state index contributed by atoms with van der Waals surface area (Å²) in [6.45, 7) is 11.0. The Hall–Kier alpha value is -3.93. The largest absolute Gasteiger partial charge is 0.371 e. The van der Waals surface area contributed by atoms with E-state index in [1.165, 1.54) is 22.4 Å². The second-order valence-electron chi connectivity index (χ2n) is 10.4. The lowest BCUT2D eigenvalue weighted by Gasteiger charge is -2.26. The fraction of sp³-hybridized carbons (Fsp3) is 0.323. The fourth-order valence-corrected chi connectivity index (χ4v) is 5.00. The van der Waals surface area contributed by atoms with Crippen LogP contribution < -0.4 is 10.2 Å². The Kier molecular flexibility index (Phi) is 7.08. The molecule has 5 aromatic rings. The minimum atomic E-state index is 0.597. The number of hydrogen-bond donors (Lipinski definition) is 1. The van der Waals surface area contributed by atoms with Gasteiger partial charge in [0.1, 0.15) is 12.1 Å². The molecule has 0 aliphatic carbocycles. The number of anilines is 3. The molecule has 6 nitrogen and oxygen atoms in total. The van der Waals surface area contributed by atoms with Gasteiger partial charge in [0.05, 0.1) is 22.9 Å². The van der Waals surface area contributed by atoms with Gasteiger partial charge in [0.15, 0.2) is 0 Å². The van der Waals surface area contributed by atoms with E-state index in [2.05, 4.69) is 112 Å². The van der Waals surface area contributed by atoms with E-state index in [4.69, 9.17) is 0 Å². The van der Waals surface area contributed by atoms with Crippen LogP contribution in [0, 0.1) is 12.8 Å². The van der Waals surface area contributed by atoms with E-state index in [9.17, 15) is 0 Å². The zero-order valence-electron chi connectivity index (χ0n) is 22.5. The molecular weight excluding hydrogens is 456 g/mol. The highest BCUT2D eigenvalue weighted by Crippen LogP contribution is 2.29. The molecule has 1 N–H and O–H groups in total. The second kappa shape index (κ2) is 10.6. The maximum atomic E-state index is 4.61. The molecule has 190 valence electrons. The quantitative estimate of drug-likeness (QED) is 0.239. The predicted octanol–water partition coefficient (Wildman–Crippen LogP) is 7.03. The van der Waals surface area contributed by atoms with Crippen molar-refractivity contribution in [1.29, 1.82) is 0 Å². The molecule has 3 aromatic carbocycles. The molecule has 0 spiro atoms. The molecule has 2 heterocycles. The van der Waals surface area contributed by atoms with Crippen LogP contribution >= 0.6 is 0 Å². The Morgan fingerprint density at radius 2 is 1.81 bits per heavy atom. The molecule has 0 aliphatic heterocycles. The Balaban J connectivity index is 1.39. The number of benzene rings is 3. The van der Waals surface area contributed by atoms with Crippen LogP contribution in [0.5, 0.6) is 0 Å². The SMILES string of the molecule is CCCN(CC(C)C)c1ccc2ncnc(Nc3ccc(Cc4ccc5c(c4)ncn5C)c(C)c3)c2c1. The summed E-state index contributed by atoms with van der Waals surface area (Å²) in [5.41, 5.74) is 9.20. The van der Waals surface area contributed by atoms with Crippen molar-refractivity contribution in [3.63, 3.8) is 0 Å². The molecule has 5 rings (SSSR count). The summed E-state index contributed by atoms with van der Waals surface area (Å²) < 4.78 is 2.05. The van der Waals surface area contributed by atoms with Crippen molar-refractivity contribution in [1.82, 2.24) is 19.5 Å². The van der Waals surface area contributed by atoms with Crippen molar-refractivity contribution in [3.8, 4) is 0 Å². The van der Waals surface area contributed by atoms with E-state index in [0.717, 1.165) is 59.4 Å². The fourth-order valence-electron chi connectivity index (χ4n) is 5.00. The van der Waals surface area contributed by atoms with Gasteiger partial charge in [-0.25, -0.2) is 15.0 Å². The molecule has 0 bridgehead atoms. The number of rotatable bonds is 9. The number of imidazole rings is 1. The molecule has 0 atom stereocenters. The Bertz CT molecular complexity index is 1530. The summed E-state index contributed by atoms with van der Waals surface area (Å²) in [4.78, 5) is 16.1.